The lowest BCUT2D eigenvalue weighted by Crippen LogP contribution is -2.10. The Kier molecular flexibility index (Phi) is 6.85. The first-order valence-corrected chi connectivity index (χ1v) is 6.94. The van der Waals surface area contributed by atoms with Gasteiger partial charge in [-0.15, -0.1) is 0 Å². The van der Waals surface area contributed by atoms with Crippen molar-refractivity contribution < 1.29 is 4.79 Å². The zero-order valence-electron chi connectivity index (χ0n) is 12.1. The van der Waals surface area contributed by atoms with Gasteiger partial charge < -0.3 is 10.6 Å². The van der Waals surface area contributed by atoms with Gasteiger partial charge in [-0.3, -0.25) is 4.79 Å². The van der Waals surface area contributed by atoms with E-state index < -0.39 is 0 Å². The summed E-state index contributed by atoms with van der Waals surface area (Å²) >= 11 is 0. The van der Waals surface area contributed by atoms with Crippen molar-refractivity contribution in [3.05, 3.63) is 11.9 Å². The van der Waals surface area contributed by atoms with Crippen LogP contribution in [-0.2, 0) is 4.79 Å². The highest BCUT2D eigenvalue weighted by molar-refractivity contribution is 5.75. The molecular formula is C14H24N4O. The van der Waals surface area contributed by atoms with E-state index in [1.807, 2.05) is 13.0 Å². The van der Waals surface area contributed by atoms with Crippen LogP contribution in [0.15, 0.2) is 6.07 Å². The minimum Gasteiger partial charge on any atom is -0.370 e. The first-order valence-electron chi connectivity index (χ1n) is 6.94. The van der Waals surface area contributed by atoms with Gasteiger partial charge in [0.15, 0.2) is 0 Å². The monoisotopic (exact) mass is 264 g/mol. The van der Waals surface area contributed by atoms with Gasteiger partial charge in [0.1, 0.15) is 23.2 Å². The summed E-state index contributed by atoms with van der Waals surface area (Å²) in [5.74, 6) is 2.52. The maximum absolute atomic E-state index is 10.9. The van der Waals surface area contributed by atoms with Crippen molar-refractivity contribution in [1.82, 2.24) is 9.97 Å². The molecule has 0 amide bonds. The number of unbranched alkanes of at least 4 members (excludes halogenated alkanes) is 2. The van der Waals surface area contributed by atoms with E-state index in [-0.39, 0.29) is 5.78 Å². The second kappa shape index (κ2) is 8.45. The molecule has 0 spiro atoms. The van der Waals surface area contributed by atoms with Gasteiger partial charge in [-0.2, -0.15) is 0 Å². The molecule has 0 saturated heterocycles. The van der Waals surface area contributed by atoms with E-state index in [0.29, 0.717) is 13.0 Å². The average Bonchev–Trinajstić information content (AvgIpc) is 2.34. The highest BCUT2D eigenvalue weighted by Gasteiger charge is 2.02. The fourth-order valence-electron chi connectivity index (χ4n) is 1.71. The standard InChI is InChI=1S/C14H24N4O/c1-4-5-6-8-15-13-10-14(18-12(3)17-13)16-9-7-11(2)19/h10H,4-9H2,1-3H3,(H2,15,16,17,18). The number of hydrogen-bond donors (Lipinski definition) is 2. The molecule has 0 fully saturated rings. The minimum atomic E-state index is 0.177. The van der Waals surface area contributed by atoms with Crippen molar-refractivity contribution in [3.63, 3.8) is 0 Å². The summed E-state index contributed by atoms with van der Waals surface area (Å²) < 4.78 is 0. The molecule has 0 aromatic carbocycles. The van der Waals surface area contributed by atoms with Crippen LogP contribution in [0.2, 0.25) is 0 Å². The third kappa shape index (κ3) is 6.74. The lowest BCUT2D eigenvalue weighted by Gasteiger charge is -2.09. The van der Waals surface area contributed by atoms with E-state index in [9.17, 15) is 4.79 Å². The molecule has 0 radical (unpaired) electrons. The Morgan fingerprint density at radius 3 is 2.37 bits per heavy atom. The molecule has 2 N–H and O–H groups in total. The van der Waals surface area contributed by atoms with Crippen LogP contribution in [0.3, 0.4) is 0 Å². The van der Waals surface area contributed by atoms with Crippen LogP contribution in [0.1, 0.15) is 45.4 Å². The van der Waals surface area contributed by atoms with Crippen molar-refractivity contribution in [2.45, 2.75) is 46.5 Å². The molecule has 0 aliphatic rings. The van der Waals surface area contributed by atoms with Gasteiger partial charge in [-0.05, 0) is 20.3 Å². The zero-order valence-corrected chi connectivity index (χ0v) is 12.1. The molecule has 0 unspecified atom stereocenters. The number of anilines is 2. The summed E-state index contributed by atoms with van der Waals surface area (Å²) in [6.07, 6.45) is 4.10. The SMILES string of the molecule is CCCCCNc1cc(NCCC(C)=O)nc(C)n1. The molecule has 0 saturated carbocycles. The Hall–Kier alpha value is -1.65. The number of aromatic nitrogens is 2. The Morgan fingerprint density at radius 2 is 1.79 bits per heavy atom. The largest absolute Gasteiger partial charge is 0.370 e. The Balaban J connectivity index is 2.48. The molecule has 0 aliphatic heterocycles. The summed E-state index contributed by atoms with van der Waals surface area (Å²) in [6, 6.07) is 1.89. The third-order valence-corrected chi connectivity index (χ3v) is 2.71. The maximum Gasteiger partial charge on any atom is 0.131 e. The first kappa shape index (κ1) is 15.4. The number of ketones is 1. The van der Waals surface area contributed by atoms with E-state index in [1.54, 1.807) is 6.92 Å². The molecule has 1 aromatic heterocycles. The normalized spacial score (nSPS) is 10.3. The third-order valence-electron chi connectivity index (χ3n) is 2.71. The van der Waals surface area contributed by atoms with Gasteiger partial charge in [0, 0.05) is 25.6 Å². The topological polar surface area (TPSA) is 66.9 Å². The second-order valence-electron chi connectivity index (χ2n) is 4.70. The van der Waals surface area contributed by atoms with E-state index >= 15 is 0 Å². The lowest BCUT2D eigenvalue weighted by molar-refractivity contribution is -0.116. The number of carbonyl (C=O) groups is 1. The molecule has 5 heteroatoms. The second-order valence-corrected chi connectivity index (χ2v) is 4.70. The van der Waals surface area contributed by atoms with Gasteiger partial charge in [0.2, 0.25) is 0 Å². The van der Waals surface area contributed by atoms with Crippen LogP contribution < -0.4 is 10.6 Å². The number of aryl methyl sites for hydroxylation is 1. The predicted octanol–water partition coefficient (Wildman–Crippen LogP) is 2.78. The smallest absolute Gasteiger partial charge is 0.131 e. The predicted molar refractivity (Wildman–Crippen MR) is 78.6 cm³/mol. The maximum atomic E-state index is 10.9. The fourth-order valence-corrected chi connectivity index (χ4v) is 1.71. The van der Waals surface area contributed by atoms with Gasteiger partial charge in [-0.25, -0.2) is 9.97 Å². The summed E-state index contributed by atoms with van der Waals surface area (Å²) in [5.41, 5.74) is 0. The van der Waals surface area contributed by atoms with E-state index in [2.05, 4.69) is 27.5 Å². The Morgan fingerprint density at radius 1 is 1.16 bits per heavy atom. The number of rotatable bonds is 9. The summed E-state index contributed by atoms with van der Waals surface area (Å²) in [7, 11) is 0. The lowest BCUT2D eigenvalue weighted by atomic mass is 10.2. The number of nitrogens with zero attached hydrogens (tertiary/aromatic N) is 2. The van der Waals surface area contributed by atoms with Crippen LogP contribution in [0.4, 0.5) is 11.6 Å². The quantitative estimate of drug-likeness (QED) is 0.671. The van der Waals surface area contributed by atoms with Crippen LogP contribution in [0, 0.1) is 6.92 Å². The highest BCUT2D eigenvalue weighted by atomic mass is 16.1. The Bertz CT molecular complexity index is 406. The zero-order chi connectivity index (χ0) is 14.1. The van der Waals surface area contributed by atoms with Crippen LogP contribution in [0.25, 0.3) is 0 Å². The molecule has 106 valence electrons. The van der Waals surface area contributed by atoms with Gasteiger partial charge in [0.05, 0.1) is 0 Å². The van der Waals surface area contributed by atoms with Gasteiger partial charge >= 0.3 is 0 Å². The summed E-state index contributed by atoms with van der Waals surface area (Å²) in [6.45, 7) is 7.19. The van der Waals surface area contributed by atoms with Crippen molar-refractivity contribution >= 4 is 17.4 Å². The summed E-state index contributed by atoms with van der Waals surface area (Å²) in [5, 5.41) is 6.45. The molecule has 1 heterocycles. The number of nitrogens with one attached hydrogen (secondary N) is 2. The summed E-state index contributed by atoms with van der Waals surface area (Å²) in [4.78, 5) is 19.5. The molecule has 1 rings (SSSR count). The van der Waals surface area contributed by atoms with Crippen LogP contribution in [-0.4, -0.2) is 28.8 Å². The van der Waals surface area contributed by atoms with Crippen molar-refractivity contribution in [2.75, 3.05) is 23.7 Å². The first-order chi connectivity index (χ1) is 9.11. The van der Waals surface area contributed by atoms with E-state index in [1.165, 1.54) is 12.8 Å². The number of hydrogen-bond acceptors (Lipinski definition) is 5. The van der Waals surface area contributed by atoms with Crippen LogP contribution in [0.5, 0.6) is 0 Å². The van der Waals surface area contributed by atoms with E-state index in [4.69, 9.17) is 0 Å². The van der Waals surface area contributed by atoms with Crippen molar-refractivity contribution in [3.8, 4) is 0 Å². The van der Waals surface area contributed by atoms with E-state index in [0.717, 1.165) is 30.4 Å². The van der Waals surface area contributed by atoms with Crippen molar-refractivity contribution in [1.29, 1.82) is 0 Å². The Labute approximate surface area is 115 Å². The molecule has 0 aliphatic carbocycles. The fraction of sp³-hybridized carbons (Fsp3) is 0.643. The minimum absolute atomic E-state index is 0.177. The molecule has 5 nitrogen and oxygen atoms in total. The number of carbonyl (C=O) groups excluding carboxylic acids is 1. The van der Waals surface area contributed by atoms with Gasteiger partial charge in [0.25, 0.3) is 0 Å². The molecule has 19 heavy (non-hydrogen) atoms. The van der Waals surface area contributed by atoms with Crippen LogP contribution >= 0.6 is 0 Å². The molecule has 0 atom stereocenters. The van der Waals surface area contributed by atoms with Crippen molar-refractivity contribution in [2.24, 2.45) is 0 Å². The molecule has 0 bridgehead atoms. The molecular weight excluding hydrogens is 240 g/mol. The highest BCUT2D eigenvalue weighted by Crippen LogP contribution is 2.11. The van der Waals surface area contributed by atoms with Gasteiger partial charge in [-0.1, -0.05) is 19.8 Å². The average molecular weight is 264 g/mol. The molecule has 1 aromatic rings. The number of Topliss-reactive ketones (excluding diaryl/α,β-unsaturated/α-hetero) is 1.